The molecule has 1 atom stereocenters. The predicted octanol–water partition coefficient (Wildman–Crippen LogP) is 1.73. The van der Waals surface area contributed by atoms with Crippen molar-refractivity contribution in [1.29, 1.82) is 0 Å². The van der Waals surface area contributed by atoms with Crippen molar-refractivity contribution in [2.45, 2.75) is 12.8 Å². The molecule has 1 fully saturated rings. The highest BCUT2D eigenvalue weighted by molar-refractivity contribution is 9.10. The molecule has 1 aromatic carbocycles. The van der Waals surface area contributed by atoms with E-state index in [1.165, 1.54) is 6.07 Å². The fraction of sp³-hybridized carbons (Fsp3) is 0.429. The minimum absolute atomic E-state index is 0.0101. The zero-order chi connectivity index (χ0) is 14.7. The molecule has 2 rings (SSSR count). The van der Waals surface area contributed by atoms with Crippen LogP contribution in [0.4, 0.5) is 4.39 Å². The van der Waals surface area contributed by atoms with Crippen molar-refractivity contribution in [2.75, 3.05) is 20.1 Å². The molecule has 20 heavy (non-hydrogen) atoms. The lowest BCUT2D eigenvalue weighted by molar-refractivity contribution is -0.128. The summed E-state index contributed by atoms with van der Waals surface area (Å²) in [5.74, 6) is -0.726. The lowest BCUT2D eigenvalue weighted by Crippen LogP contribution is -2.33. The van der Waals surface area contributed by atoms with E-state index in [1.807, 2.05) is 0 Å². The Hall–Kier alpha value is -1.43. The van der Waals surface area contributed by atoms with E-state index in [-0.39, 0.29) is 30.0 Å². The van der Waals surface area contributed by atoms with Crippen LogP contribution < -0.4 is 5.32 Å². The van der Waals surface area contributed by atoms with Gasteiger partial charge in [0.15, 0.2) is 0 Å². The van der Waals surface area contributed by atoms with Gasteiger partial charge in [-0.3, -0.25) is 9.59 Å². The van der Waals surface area contributed by atoms with Gasteiger partial charge in [0, 0.05) is 31.0 Å². The molecule has 6 heteroatoms. The maximum absolute atomic E-state index is 13.6. The SMILES string of the molecule is CN1CC(C(=O)NCCc2ccc(Br)cc2F)CC1=O. The number of halogens is 2. The number of hydrogen-bond donors (Lipinski definition) is 1. The highest BCUT2D eigenvalue weighted by atomic mass is 79.9. The molecule has 108 valence electrons. The second-order valence-corrected chi connectivity index (χ2v) is 5.87. The molecule has 1 heterocycles. The second kappa shape index (κ2) is 6.35. The monoisotopic (exact) mass is 342 g/mol. The Morgan fingerprint density at radius 1 is 1.55 bits per heavy atom. The van der Waals surface area contributed by atoms with E-state index in [2.05, 4.69) is 21.2 Å². The minimum Gasteiger partial charge on any atom is -0.355 e. The number of rotatable bonds is 4. The minimum atomic E-state index is -0.290. The first-order valence-electron chi connectivity index (χ1n) is 6.43. The Kier molecular flexibility index (Phi) is 4.75. The Morgan fingerprint density at radius 3 is 2.90 bits per heavy atom. The van der Waals surface area contributed by atoms with Gasteiger partial charge < -0.3 is 10.2 Å². The van der Waals surface area contributed by atoms with E-state index in [0.29, 0.717) is 29.5 Å². The normalized spacial score (nSPS) is 18.4. The van der Waals surface area contributed by atoms with Crippen molar-refractivity contribution in [3.63, 3.8) is 0 Å². The molecule has 4 nitrogen and oxygen atoms in total. The fourth-order valence-electron chi connectivity index (χ4n) is 2.23. The van der Waals surface area contributed by atoms with Gasteiger partial charge in [-0.25, -0.2) is 4.39 Å². The number of carbonyl (C=O) groups excluding carboxylic acids is 2. The smallest absolute Gasteiger partial charge is 0.225 e. The van der Waals surface area contributed by atoms with Gasteiger partial charge in [-0.15, -0.1) is 0 Å². The molecule has 1 aromatic rings. The summed E-state index contributed by atoms with van der Waals surface area (Å²) in [6, 6.07) is 4.87. The van der Waals surface area contributed by atoms with Crippen molar-refractivity contribution >= 4 is 27.7 Å². The number of amides is 2. The first kappa shape index (κ1) is 15.0. The van der Waals surface area contributed by atoms with Gasteiger partial charge in [0.25, 0.3) is 0 Å². The first-order valence-corrected chi connectivity index (χ1v) is 7.22. The van der Waals surface area contributed by atoms with Crippen LogP contribution >= 0.6 is 15.9 Å². The van der Waals surface area contributed by atoms with E-state index in [9.17, 15) is 14.0 Å². The van der Waals surface area contributed by atoms with Crippen LogP contribution in [0.5, 0.6) is 0 Å². The number of likely N-dealkylation sites (tertiary alicyclic amines) is 1. The summed E-state index contributed by atoms with van der Waals surface area (Å²) in [6.45, 7) is 0.823. The van der Waals surface area contributed by atoms with Crippen molar-refractivity contribution in [3.05, 3.63) is 34.1 Å². The van der Waals surface area contributed by atoms with Gasteiger partial charge in [0.1, 0.15) is 5.82 Å². The van der Waals surface area contributed by atoms with E-state index < -0.39 is 0 Å². The predicted molar refractivity (Wildman–Crippen MR) is 76.6 cm³/mol. The second-order valence-electron chi connectivity index (χ2n) is 4.95. The average molecular weight is 343 g/mol. The van der Waals surface area contributed by atoms with E-state index in [1.54, 1.807) is 24.1 Å². The van der Waals surface area contributed by atoms with Crippen molar-refractivity contribution < 1.29 is 14.0 Å². The Labute approximate surface area is 125 Å². The first-order chi connectivity index (χ1) is 9.47. The van der Waals surface area contributed by atoms with Crippen molar-refractivity contribution in [2.24, 2.45) is 5.92 Å². The Balaban J connectivity index is 1.81. The summed E-state index contributed by atoms with van der Waals surface area (Å²) >= 11 is 3.20. The van der Waals surface area contributed by atoms with Crippen LogP contribution in [0.3, 0.4) is 0 Å². The number of hydrogen-bond acceptors (Lipinski definition) is 2. The molecule has 0 saturated carbocycles. The molecule has 0 radical (unpaired) electrons. The molecule has 0 bridgehead atoms. The number of carbonyl (C=O) groups is 2. The summed E-state index contributed by atoms with van der Waals surface area (Å²) in [7, 11) is 1.69. The zero-order valence-electron chi connectivity index (χ0n) is 11.2. The number of benzene rings is 1. The summed E-state index contributed by atoms with van der Waals surface area (Å²) in [5, 5.41) is 2.76. The quantitative estimate of drug-likeness (QED) is 0.905. The van der Waals surface area contributed by atoms with Crippen LogP contribution in [0.15, 0.2) is 22.7 Å². The summed E-state index contributed by atoms with van der Waals surface area (Å²) in [6.07, 6.45) is 0.691. The van der Waals surface area contributed by atoms with Crippen LogP contribution in [0, 0.1) is 11.7 Å². The highest BCUT2D eigenvalue weighted by Gasteiger charge is 2.31. The molecule has 0 aromatic heterocycles. The molecular weight excluding hydrogens is 327 g/mol. The molecular formula is C14H16BrFN2O2. The third kappa shape index (κ3) is 3.56. The van der Waals surface area contributed by atoms with E-state index in [0.717, 1.165) is 0 Å². The molecule has 1 aliphatic rings. The average Bonchev–Trinajstić information content (AvgIpc) is 2.72. The maximum Gasteiger partial charge on any atom is 0.225 e. The van der Waals surface area contributed by atoms with Crippen LogP contribution in [0.1, 0.15) is 12.0 Å². The third-order valence-corrected chi connectivity index (χ3v) is 3.91. The highest BCUT2D eigenvalue weighted by Crippen LogP contribution is 2.17. The zero-order valence-corrected chi connectivity index (χ0v) is 12.7. The third-order valence-electron chi connectivity index (χ3n) is 3.42. The molecule has 2 amide bonds. The van der Waals surface area contributed by atoms with Gasteiger partial charge in [0.2, 0.25) is 11.8 Å². The van der Waals surface area contributed by atoms with E-state index in [4.69, 9.17) is 0 Å². The van der Waals surface area contributed by atoms with Crippen LogP contribution in [-0.4, -0.2) is 36.9 Å². The summed E-state index contributed by atoms with van der Waals surface area (Å²) in [5.41, 5.74) is 0.563. The van der Waals surface area contributed by atoms with E-state index >= 15 is 0 Å². The van der Waals surface area contributed by atoms with Crippen molar-refractivity contribution in [3.8, 4) is 0 Å². The lowest BCUT2D eigenvalue weighted by Gasteiger charge is -2.11. The fourth-order valence-corrected chi connectivity index (χ4v) is 2.56. The molecule has 0 aliphatic carbocycles. The molecule has 0 spiro atoms. The van der Waals surface area contributed by atoms with Gasteiger partial charge in [-0.2, -0.15) is 0 Å². The largest absolute Gasteiger partial charge is 0.355 e. The Morgan fingerprint density at radius 2 is 2.30 bits per heavy atom. The van der Waals surface area contributed by atoms with Crippen LogP contribution in [0.2, 0.25) is 0 Å². The molecule has 1 unspecified atom stereocenters. The number of nitrogens with one attached hydrogen (secondary N) is 1. The number of nitrogens with zero attached hydrogens (tertiary/aromatic N) is 1. The van der Waals surface area contributed by atoms with Gasteiger partial charge in [0.05, 0.1) is 5.92 Å². The maximum atomic E-state index is 13.6. The van der Waals surface area contributed by atoms with Gasteiger partial charge in [-0.1, -0.05) is 22.0 Å². The molecule has 1 aliphatic heterocycles. The molecule has 1 saturated heterocycles. The summed E-state index contributed by atoms with van der Waals surface area (Å²) < 4.78 is 14.3. The lowest BCUT2D eigenvalue weighted by atomic mass is 10.1. The molecule has 1 N–H and O–H groups in total. The van der Waals surface area contributed by atoms with Gasteiger partial charge in [-0.05, 0) is 24.1 Å². The topological polar surface area (TPSA) is 49.4 Å². The standard InChI is InChI=1S/C14H16BrFN2O2/c1-18-8-10(6-13(18)19)14(20)17-5-4-9-2-3-11(15)7-12(9)16/h2-3,7,10H,4-6,8H2,1H3,(H,17,20). The van der Waals surface area contributed by atoms with Crippen LogP contribution in [0.25, 0.3) is 0 Å². The van der Waals surface area contributed by atoms with Crippen LogP contribution in [-0.2, 0) is 16.0 Å². The van der Waals surface area contributed by atoms with Crippen molar-refractivity contribution in [1.82, 2.24) is 10.2 Å². The van der Waals surface area contributed by atoms with Gasteiger partial charge >= 0.3 is 0 Å². The Bertz CT molecular complexity index is 536. The summed E-state index contributed by atoms with van der Waals surface area (Å²) in [4.78, 5) is 24.8.